The molecule has 0 saturated heterocycles. The molecule has 2 aromatic heterocycles. The van der Waals surface area contributed by atoms with Crippen molar-refractivity contribution in [1.82, 2.24) is 19.7 Å². The van der Waals surface area contributed by atoms with Gasteiger partial charge >= 0.3 is 6.09 Å². The Morgan fingerprint density at radius 1 is 1.14 bits per heavy atom. The van der Waals surface area contributed by atoms with E-state index in [1.165, 1.54) is 13.4 Å². The first-order chi connectivity index (χ1) is 17.5. The molecule has 2 aromatic carbocycles. The Labute approximate surface area is 208 Å². The van der Waals surface area contributed by atoms with Gasteiger partial charge in [-0.2, -0.15) is 5.10 Å². The van der Waals surface area contributed by atoms with Gasteiger partial charge in [-0.3, -0.25) is 5.32 Å². The summed E-state index contributed by atoms with van der Waals surface area (Å²) < 4.78 is 12.8. The third-order valence-electron chi connectivity index (χ3n) is 6.45. The highest BCUT2D eigenvalue weighted by Gasteiger charge is 2.26. The van der Waals surface area contributed by atoms with Crippen molar-refractivity contribution < 1.29 is 19.4 Å². The minimum Gasteiger partial charge on any atom is -0.495 e. The maximum Gasteiger partial charge on any atom is 0.412 e. The highest BCUT2D eigenvalue weighted by atomic mass is 16.5. The van der Waals surface area contributed by atoms with E-state index in [1.54, 1.807) is 12.1 Å². The number of benzene rings is 2. The van der Waals surface area contributed by atoms with E-state index >= 15 is 0 Å². The number of fused-ring (bicyclic) bond motifs is 1. The van der Waals surface area contributed by atoms with Crippen molar-refractivity contribution in [3.05, 3.63) is 60.4 Å². The fraction of sp³-hybridized carbons (Fsp3) is 0.308. The zero-order valence-electron chi connectivity index (χ0n) is 19.9. The molecule has 4 N–H and O–H groups in total. The van der Waals surface area contributed by atoms with Gasteiger partial charge in [0.15, 0.2) is 5.65 Å². The summed E-state index contributed by atoms with van der Waals surface area (Å²) in [6.45, 7) is 0.161. The summed E-state index contributed by atoms with van der Waals surface area (Å²) in [4.78, 5) is 21.0. The number of amides is 1. The molecule has 10 nitrogen and oxygen atoms in total. The number of hydrogen-bond donors (Lipinski definition) is 3. The van der Waals surface area contributed by atoms with Crippen LogP contribution in [0.2, 0.25) is 0 Å². The van der Waals surface area contributed by atoms with Crippen molar-refractivity contribution in [3.63, 3.8) is 0 Å². The molecule has 1 fully saturated rings. The van der Waals surface area contributed by atoms with Crippen molar-refractivity contribution in [2.24, 2.45) is 0 Å². The summed E-state index contributed by atoms with van der Waals surface area (Å²) in [5, 5.41) is 18.2. The van der Waals surface area contributed by atoms with Crippen LogP contribution in [0.25, 0.3) is 22.3 Å². The van der Waals surface area contributed by atoms with Crippen molar-refractivity contribution >= 4 is 28.6 Å². The van der Waals surface area contributed by atoms with Gasteiger partial charge in [0.2, 0.25) is 0 Å². The Hall–Kier alpha value is -4.18. The number of nitrogens with two attached hydrogens (primary N) is 1. The molecular formula is C26H28N6O4. The molecule has 1 amide bonds. The summed E-state index contributed by atoms with van der Waals surface area (Å²) in [6.07, 6.45) is 3.62. The van der Waals surface area contributed by atoms with Crippen LogP contribution < -0.4 is 15.8 Å². The van der Waals surface area contributed by atoms with Gasteiger partial charge in [0.1, 0.15) is 30.2 Å². The Bertz CT molecular complexity index is 1370. The van der Waals surface area contributed by atoms with Gasteiger partial charge < -0.3 is 20.3 Å². The lowest BCUT2D eigenvalue weighted by atomic mass is 9.93. The van der Waals surface area contributed by atoms with Crippen molar-refractivity contribution in [2.75, 3.05) is 18.2 Å². The van der Waals surface area contributed by atoms with Crippen LogP contribution in [0, 0.1) is 0 Å². The molecular weight excluding hydrogens is 460 g/mol. The summed E-state index contributed by atoms with van der Waals surface area (Å²) in [6, 6.07) is 14.9. The lowest BCUT2D eigenvalue weighted by molar-refractivity contribution is 0.109. The standard InChI is InChI=1S/C26H28N6O4/c1-35-21-13-17(7-12-20(21)30-26(34)36-14-16-5-3-2-4-6-16)23-22-24(27)28-15-29-25(22)32(31-23)18-8-10-19(33)11-9-18/h2-7,12-13,15,18-19,33H,8-11,14H2,1H3,(H,30,34)(H2,27,28,29). The van der Waals surface area contributed by atoms with Gasteiger partial charge in [-0.25, -0.2) is 19.4 Å². The number of nitrogens with one attached hydrogen (secondary N) is 1. The predicted octanol–water partition coefficient (Wildman–Crippen LogP) is 4.31. The maximum absolute atomic E-state index is 12.4. The average Bonchev–Trinajstić information content (AvgIpc) is 3.30. The molecule has 186 valence electrons. The number of nitrogen functional groups attached to an aromatic ring is 1. The van der Waals surface area contributed by atoms with Crippen LogP contribution in [0.5, 0.6) is 5.75 Å². The van der Waals surface area contributed by atoms with E-state index in [4.69, 9.17) is 20.3 Å². The predicted molar refractivity (Wildman–Crippen MR) is 135 cm³/mol. The molecule has 5 rings (SSSR count). The van der Waals surface area contributed by atoms with Crippen molar-refractivity contribution in [2.45, 2.75) is 44.4 Å². The van der Waals surface area contributed by atoms with Crippen molar-refractivity contribution in [3.8, 4) is 17.0 Å². The second-order valence-electron chi connectivity index (χ2n) is 8.81. The van der Waals surface area contributed by atoms with Gasteiger partial charge in [-0.05, 0) is 43.4 Å². The number of rotatable bonds is 6. The van der Waals surface area contributed by atoms with Crippen LogP contribution in [0.4, 0.5) is 16.3 Å². The third kappa shape index (κ3) is 4.80. The first kappa shape index (κ1) is 23.6. The second-order valence-corrected chi connectivity index (χ2v) is 8.81. The Balaban J connectivity index is 1.42. The number of aliphatic hydroxyl groups excluding tert-OH is 1. The van der Waals surface area contributed by atoms with Crippen LogP contribution in [-0.2, 0) is 11.3 Å². The van der Waals surface area contributed by atoms with E-state index in [-0.39, 0.29) is 18.8 Å². The molecule has 2 heterocycles. The molecule has 0 atom stereocenters. The average molecular weight is 489 g/mol. The smallest absolute Gasteiger partial charge is 0.412 e. The third-order valence-corrected chi connectivity index (χ3v) is 6.45. The number of carbonyl (C=O) groups is 1. The minimum atomic E-state index is -0.586. The number of methoxy groups -OCH3 is 1. The zero-order chi connectivity index (χ0) is 25.1. The first-order valence-electron chi connectivity index (χ1n) is 11.9. The highest BCUT2D eigenvalue weighted by molar-refractivity contribution is 5.99. The fourth-order valence-corrected chi connectivity index (χ4v) is 4.57. The molecule has 1 aliphatic carbocycles. The maximum atomic E-state index is 12.4. The molecule has 1 saturated carbocycles. The zero-order valence-corrected chi connectivity index (χ0v) is 19.9. The summed E-state index contributed by atoms with van der Waals surface area (Å²) in [5.74, 6) is 0.783. The molecule has 0 radical (unpaired) electrons. The van der Waals surface area contributed by atoms with Gasteiger partial charge in [0.05, 0.1) is 30.3 Å². The number of aromatic nitrogens is 4. The van der Waals surface area contributed by atoms with Gasteiger partial charge in [-0.15, -0.1) is 0 Å². The van der Waals surface area contributed by atoms with Gasteiger partial charge in [0, 0.05) is 5.56 Å². The molecule has 0 aliphatic heterocycles. The van der Waals surface area contributed by atoms with Crippen LogP contribution in [-0.4, -0.2) is 44.2 Å². The topological polar surface area (TPSA) is 137 Å². The van der Waals surface area contributed by atoms with Crippen LogP contribution >= 0.6 is 0 Å². The SMILES string of the molecule is COc1cc(-c2nn(C3CCC(O)CC3)c3ncnc(N)c23)ccc1NC(=O)OCc1ccccc1. The van der Waals surface area contributed by atoms with Crippen LogP contribution in [0.15, 0.2) is 54.9 Å². The Morgan fingerprint density at radius 2 is 1.92 bits per heavy atom. The molecule has 1 aliphatic rings. The molecule has 0 spiro atoms. The number of nitrogens with zero attached hydrogens (tertiary/aromatic N) is 4. The summed E-state index contributed by atoms with van der Waals surface area (Å²) >= 11 is 0. The largest absolute Gasteiger partial charge is 0.495 e. The van der Waals surface area contributed by atoms with E-state index in [2.05, 4.69) is 15.3 Å². The number of anilines is 2. The van der Waals surface area contributed by atoms with Gasteiger partial charge in [0.25, 0.3) is 0 Å². The molecule has 0 bridgehead atoms. The minimum absolute atomic E-state index is 0.112. The summed E-state index contributed by atoms with van der Waals surface area (Å²) in [7, 11) is 1.53. The van der Waals surface area contributed by atoms with E-state index in [9.17, 15) is 9.90 Å². The Kier molecular flexibility index (Phi) is 6.68. The van der Waals surface area contributed by atoms with Gasteiger partial charge in [-0.1, -0.05) is 36.4 Å². The first-order valence-corrected chi connectivity index (χ1v) is 11.9. The number of aliphatic hydroxyl groups is 1. The lowest BCUT2D eigenvalue weighted by Gasteiger charge is -2.25. The van der Waals surface area contributed by atoms with E-state index in [0.717, 1.165) is 36.8 Å². The highest BCUT2D eigenvalue weighted by Crippen LogP contribution is 2.38. The number of ether oxygens (including phenoxy) is 2. The van der Waals surface area contributed by atoms with Crippen LogP contribution in [0.1, 0.15) is 37.3 Å². The normalized spacial score (nSPS) is 17.6. The quantitative estimate of drug-likeness (QED) is 0.365. The fourth-order valence-electron chi connectivity index (χ4n) is 4.57. The van der Waals surface area contributed by atoms with Crippen LogP contribution in [0.3, 0.4) is 0 Å². The lowest BCUT2D eigenvalue weighted by Crippen LogP contribution is -2.22. The van der Waals surface area contributed by atoms with E-state index in [0.29, 0.717) is 34.0 Å². The number of hydrogen-bond acceptors (Lipinski definition) is 8. The molecule has 36 heavy (non-hydrogen) atoms. The number of carbonyl (C=O) groups excluding carboxylic acids is 1. The Morgan fingerprint density at radius 3 is 2.67 bits per heavy atom. The molecule has 4 aromatic rings. The molecule has 0 unspecified atom stereocenters. The van der Waals surface area contributed by atoms with E-state index in [1.807, 2.05) is 41.1 Å². The van der Waals surface area contributed by atoms with Crippen molar-refractivity contribution in [1.29, 1.82) is 0 Å². The molecule has 10 heteroatoms. The second kappa shape index (κ2) is 10.2. The summed E-state index contributed by atoms with van der Waals surface area (Å²) in [5.41, 5.74) is 9.65. The monoisotopic (exact) mass is 488 g/mol. The van der Waals surface area contributed by atoms with E-state index < -0.39 is 6.09 Å².